The number of amides is 1. The van der Waals surface area contributed by atoms with Gasteiger partial charge >= 0.3 is 16.3 Å². The van der Waals surface area contributed by atoms with E-state index in [2.05, 4.69) is 0 Å². The quantitative estimate of drug-likeness (QED) is 0.785. The Balaban J connectivity index is 3.04. The summed E-state index contributed by atoms with van der Waals surface area (Å²) in [6, 6.07) is 6.44. The second-order valence-electron chi connectivity index (χ2n) is 4.41. The number of rotatable bonds is 5. The van der Waals surface area contributed by atoms with Crippen LogP contribution in [0.5, 0.6) is 0 Å². The van der Waals surface area contributed by atoms with Gasteiger partial charge in [0, 0.05) is 12.6 Å². The predicted octanol–water partition coefficient (Wildman–Crippen LogP) is 1.14. The third-order valence-corrected chi connectivity index (χ3v) is 3.99. The minimum atomic E-state index is -4.12. The van der Waals surface area contributed by atoms with Gasteiger partial charge in [-0.1, -0.05) is 24.4 Å². The van der Waals surface area contributed by atoms with E-state index in [-0.39, 0.29) is 10.7 Å². The fourth-order valence-electron chi connectivity index (χ4n) is 1.50. The zero-order chi connectivity index (χ0) is 16.2. The molecule has 1 aromatic rings. The van der Waals surface area contributed by atoms with Crippen molar-refractivity contribution in [2.45, 2.75) is 20.0 Å². The Labute approximate surface area is 129 Å². The topological polar surface area (TPSA) is 102 Å². The molecular weight excluding hydrogens is 314 g/mol. The third kappa shape index (κ3) is 4.57. The molecule has 0 fully saturated rings. The first-order valence-corrected chi connectivity index (χ1v) is 7.86. The van der Waals surface area contributed by atoms with E-state index in [0.29, 0.717) is 5.56 Å². The number of nitrogens with zero attached hydrogens (tertiary/aromatic N) is 1. The molecule has 0 saturated carbocycles. The van der Waals surface area contributed by atoms with Crippen LogP contribution in [0.25, 0.3) is 0 Å². The minimum Gasteiger partial charge on any atom is -0.446 e. The molecule has 0 bridgehead atoms. The van der Waals surface area contributed by atoms with Gasteiger partial charge in [-0.3, -0.25) is 4.31 Å². The van der Waals surface area contributed by atoms with Crippen LogP contribution in [-0.2, 0) is 14.9 Å². The van der Waals surface area contributed by atoms with E-state index >= 15 is 0 Å². The highest BCUT2D eigenvalue weighted by Crippen LogP contribution is 2.21. The predicted molar refractivity (Wildman–Crippen MR) is 84.4 cm³/mol. The molecule has 0 aliphatic rings. The van der Waals surface area contributed by atoms with E-state index in [1.165, 1.54) is 13.1 Å². The average molecular weight is 331 g/mol. The van der Waals surface area contributed by atoms with Gasteiger partial charge in [-0.15, -0.1) is 0 Å². The number of benzene rings is 1. The van der Waals surface area contributed by atoms with Crippen molar-refractivity contribution in [1.29, 1.82) is 0 Å². The van der Waals surface area contributed by atoms with Gasteiger partial charge in [0.1, 0.15) is 4.99 Å². The maximum absolute atomic E-state index is 12.1. The minimum absolute atomic E-state index is 0.0532. The third-order valence-electron chi connectivity index (χ3n) is 2.42. The van der Waals surface area contributed by atoms with Crippen molar-refractivity contribution in [3.63, 3.8) is 0 Å². The highest BCUT2D eigenvalue weighted by Gasteiger charge is 2.24. The molecule has 0 saturated heterocycles. The number of anilines is 1. The van der Waals surface area contributed by atoms with Gasteiger partial charge in [-0.2, -0.15) is 8.42 Å². The lowest BCUT2D eigenvalue weighted by Gasteiger charge is -2.22. The Morgan fingerprint density at radius 2 is 1.95 bits per heavy atom. The van der Waals surface area contributed by atoms with Crippen LogP contribution in [0.2, 0.25) is 0 Å². The van der Waals surface area contributed by atoms with Crippen molar-refractivity contribution in [3.05, 3.63) is 29.8 Å². The molecule has 21 heavy (non-hydrogen) atoms. The SMILES string of the molecule is CC(C)OC(=O)NS(=O)(=O)N(C)c1ccccc1C(N)=S. The normalized spacial score (nSPS) is 11.0. The van der Waals surface area contributed by atoms with Crippen molar-refractivity contribution in [2.24, 2.45) is 5.73 Å². The van der Waals surface area contributed by atoms with E-state index in [4.69, 9.17) is 22.7 Å². The second kappa shape index (κ2) is 6.72. The van der Waals surface area contributed by atoms with Crippen LogP contribution in [0.1, 0.15) is 19.4 Å². The van der Waals surface area contributed by atoms with Crippen molar-refractivity contribution in [2.75, 3.05) is 11.4 Å². The molecule has 7 nitrogen and oxygen atoms in total. The molecule has 1 rings (SSSR count). The number of thiocarbonyl (C=S) groups is 1. The Morgan fingerprint density at radius 3 is 2.48 bits per heavy atom. The van der Waals surface area contributed by atoms with Crippen LogP contribution in [0.15, 0.2) is 24.3 Å². The first-order valence-electron chi connectivity index (χ1n) is 6.01. The summed E-state index contributed by atoms with van der Waals surface area (Å²) in [5, 5.41) is 0. The molecule has 0 aliphatic carbocycles. The van der Waals surface area contributed by atoms with Gasteiger partial charge in [0.25, 0.3) is 0 Å². The first kappa shape index (κ1) is 17.2. The smallest absolute Gasteiger partial charge is 0.422 e. The molecule has 0 atom stereocenters. The molecule has 3 N–H and O–H groups in total. The number of hydrogen-bond donors (Lipinski definition) is 2. The summed E-state index contributed by atoms with van der Waals surface area (Å²) < 4.78 is 31.7. The van der Waals surface area contributed by atoms with Crippen molar-refractivity contribution in [1.82, 2.24) is 4.72 Å². The summed E-state index contributed by atoms with van der Waals surface area (Å²) in [4.78, 5) is 11.5. The molecule has 116 valence electrons. The van der Waals surface area contributed by atoms with E-state index in [0.717, 1.165) is 4.31 Å². The summed E-state index contributed by atoms with van der Waals surface area (Å²) in [5.41, 5.74) is 6.21. The molecule has 1 aromatic carbocycles. The monoisotopic (exact) mass is 331 g/mol. The summed E-state index contributed by atoms with van der Waals surface area (Å²) in [6.45, 7) is 3.22. The number of nitrogens with two attached hydrogens (primary N) is 1. The van der Waals surface area contributed by atoms with Crippen molar-refractivity contribution >= 4 is 39.2 Å². The van der Waals surface area contributed by atoms with Crippen LogP contribution < -0.4 is 14.8 Å². The van der Waals surface area contributed by atoms with Gasteiger partial charge < -0.3 is 10.5 Å². The number of carbonyl (C=O) groups excluding carboxylic acids is 1. The van der Waals surface area contributed by atoms with Gasteiger partial charge in [-0.25, -0.2) is 9.52 Å². The van der Waals surface area contributed by atoms with Gasteiger partial charge in [0.05, 0.1) is 11.8 Å². The maximum Gasteiger partial charge on any atom is 0.422 e. The molecule has 0 radical (unpaired) electrons. The molecule has 1 amide bonds. The van der Waals surface area contributed by atoms with E-state index in [1.54, 1.807) is 36.8 Å². The Morgan fingerprint density at radius 1 is 1.38 bits per heavy atom. The van der Waals surface area contributed by atoms with Crippen LogP contribution in [0.4, 0.5) is 10.5 Å². The van der Waals surface area contributed by atoms with Crippen LogP contribution in [0, 0.1) is 0 Å². The van der Waals surface area contributed by atoms with Gasteiger partial charge in [0.15, 0.2) is 0 Å². The molecule has 0 spiro atoms. The number of nitrogens with one attached hydrogen (secondary N) is 1. The lowest BCUT2D eigenvalue weighted by molar-refractivity contribution is 0.121. The van der Waals surface area contributed by atoms with Crippen LogP contribution >= 0.6 is 12.2 Å². The highest BCUT2D eigenvalue weighted by atomic mass is 32.2. The zero-order valence-corrected chi connectivity index (χ0v) is 13.5. The lowest BCUT2D eigenvalue weighted by atomic mass is 10.2. The molecule has 9 heteroatoms. The lowest BCUT2D eigenvalue weighted by Crippen LogP contribution is -2.43. The molecule has 0 unspecified atom stereocenters. The standard InChI is InChI=1S/C12H17N3O4S2/c1-8(2)19-12(16)14-21(17,18)15(3)10-7-5-4-6-9(10)11(13)20/h4-8H,1-3H3,(H2,13,20)(H,14,16). The fourth-order valence-corrected chi connectivity index (χ4v) is 2.48. The zero-order valence-electron chi connectivity index (χ0n) is 11.9. The summed E-state index contributed by atoms with van der Waals surface area (Å²) >= 11 is 4.88. The second-order valence-corrected chi connectivity index (χ2v) is 6.55. The van der Waals surface area contributed by atoms with Crippen LogP contribution in [0.3, 0.4) is 0 Å². The maximum atomic E-state index is 12.1. The summed E-state index contributed by atoms with van der Waals surface area (Å²) in [5.74, 6) is 0. The number of ether oxygens (including phenoxy) is 1. The van der Waals surface area contributed by atoms with Crippen molar-refractivity contribution in [3.8, 4) is 0 Å². The summed E-state index contributed by atoms with van der Waals surface area (Å²) in [6.07, 6.45) is -1.49. The number of para-hydroxylation sites is 1. The fraction of sp³-hybridized carbons (Fsp3) is 0.333. The molecule has 0 aromatic heterocycles. The molecule has 0 heterocycles. The largest absolute Gasteiger partial charge is 0.446 e. The Kier molecular flexibility index (Phi) is 5.50. The van der Waals surface area contributed by atoms with Crippen molar-refractivity contribution < 1.29 is 17.9 Å². The molecular formula is C12H17N3O4S2. The van der Waals surface area contributed by atoms with Crippen LogP contribution in [-0.4, -0.2) is 32.7 Å². The highest BCUT2D eigenvalue weighted by molar-refractivity contribution is 7.91. The summed E-state index contributed by atoms with van der Waals surface area (Å²) in [7, 11) is -2.84. The number of hydrogen-bond acceptors (Lipinski definition) is 5. The average Bonchev–Trinajstić information content (AvgIpc) is 2.35. The first-order chi connectivity index (χ1) is 9.65. The van der Waals surface area contributed by atoms with E-state index < -0.39 is 22.4 Å². The van der Waals surface area contributed by atoms with Gasteiger partial charge in [0.2, 0.25) is 0 Å². The van der Waals surface area contributed by atoms with E-state index in [1.807, 2.05) is 0 Å². The number of carbonyl (C=O) groups is 1. The Bertz CT molecular complexity index is 644. The molecule has 0 aliphatic heterocycles. The van der Waals surface area contributed by atoms with Gasteiger partial charge in [-0.05, 0) is 26.0 Å². The van der Waals surface area contributed by atoms with E-state index in [9.17, 15) is 13.2 Å². The Hall–Kier alpha value is -1.87.